The van der Waals surface area contributed by atoms with Crippen LogP contribution in [0.4, 0.5) is 4.39 Å². The van der Waals surface area contributed by atoms with Crippen LogP contribution in [0.3, 0.4) is 0 Å². The number of nitrogens with one attached hydrogen (secondary N) is 2. The molecule has 2 N–H and O–H groups in total. The lowest BCUT2D eigenvalue weighted by Gasteiger charge is -2.30. The molecule has 3 nitrogen and oxygen atoms in total. The van der Waals surface area contributed by atoms with Gasteiger partial charge >= 0.3 is 0 Å². The molecule has 0 heterocycles. The van der Waals surface area contributed by atoms with Gasteiger partial charge in [-0.2, -0.15) is 0 Å². The maximum atomic E-state index is 13.2. The third-order valence-electron chi connectivity index (χ3n) is 3.57. The molecule has 108 valence electrons. The van der Waals surface area contributed by atoms with Crippen LogP contribution in [0.5, 0.6) is 0 Å². The van der Waals surface area contributed by atoms with Crippen molar-refractivity contribution in [3.63, 3.8) is 0 Å². The Hall–Kier alpha value is -0.450. The second-order valence-corrected chi connectivity index (χ2v) is 5.22. The molecule has 3 unspecified atom stereocenters. The molecule has 4 heteroatoms. The van der Waals surface area contributed by atoms with Crippen LogP contribution >= 0.6 is 0 Å². The Morgan fingerprint density at radius 3 is 2.39 bits per heavy atom. The molecule has 0 amide bonds. The van der Waals surface area contributed by atoms with E-state index in [0.29, 0.717) is 6.04 Å². The minimum atomic E-state index is -0.214. The molecule has 0 aliphatic heterocycles. The molecule has 0 spiro atoms. The maximum absolute atomic E-state index is 13.2. The SMILES string of the molecule is C=C(F)C(C)C(C)C(CCC)NCN(C)CNC. The van der Waals surface area contributed by atoms with Crippen molar-refractivity contribution < 1.29 is 4.39 Å². The first-order valence-corrected chi connectivity index (χ1v) is 6.84. The van der Waals surface area contributed by atoms with Crippen molar-refractivity contribution in [3.05, 3.63) is 12.4 Å². The Kier molecular flexibility index (Phi) is 9.24. The predicted molar refractivity (Wildman–Crippen MR) is 77.0 cm³/mol. The molecule has 18 heavy (non-hydrogen) atoms. The third-order valence-corrected chi connectivity index (χ3v) is 3.57. The summed E-state index contributed by atoms with van der Waals surface area (Å²) in [7, 11) is 3.98. The molecule has 0 aliphatic carbocycles. The van der Waals surface area contributed by atoms with Gasteiger partial charge in [0.25, 0.3) is 0 Å². The summed E-state index contributed by atoms with van der Waals surface area (Å²) in [6, 6.07) is 0.330. The van der Waals surface area contributed by atoms with Crippen LogP contribution in [0, 0.1) is 11.8 Å². The highest BCUT2D eigenvalue weighted by Crippen LogP contribution is 2.24. The molecule has 0 fully saturated rings. The molecular weight excluding hydrogens is 229 g/mol. The largest absolute Gasteiger partial charge is 0.307 e. The summed E-state index contributed by atoms with van der Waals surface area (Å²) in [5.74, 6) is -0.0527. The molecule has 0 aromatic carbocycles. The van der Waals surface area contributed by atoms with Gasteiger partial charge < -0.3 is 10.6 Å². The van der Waals surface area contributed by atoms with Crippen molar-refractivity contribution in [2.45, 2.75) is 39.7 Å². The zero-order chi connectivity index (χ0) is 14.1. The van der Waals surface area contributed by atoms with Crippen LogP contribution in [0.25, 0.3) is 0 Å². The van der Waals surface area contributed by atoms with Gasteiger partial charge in [0, 0.05) is 25.3 Å². The van der Waals surface area contributed by atoms with E-state index in [9.17, 15) is 4.39 Å². The fraction of sp³-hybridized carbons (Fsp3) is 0.857. The lowest BCUT2D eigenvalue weighted by molar-refractivity contribution is 0.217. The third kappa shape index (κ3) is 6.47. The van der Waals surface area contributed by atoms with E-state index < -0.39 is 0 Å². The summed E-state index contributed by atoms with van der Waals surface area (Å²) in [4.78, 5) is 2.16. The van der Waals surface area contributed by atoms with Crippen molar-refractivity contribution in [1.82, 2.24) is 15.5 Å². The first-order chi connectivity index (χ1) is 8.43. The van der Waals surface area contributed by atoms with Crippen LogP contribution in [-0.2, 0) is 0 Å². The second kappa shape index (κ2) is 9.48. The van der Waals surface area contributed by atoms with E-state index in [4.69, 9.17) is 0 Å². The lowest BCUT2D eigenvalue weighted by Crippen LogP contribution is -2.45. The average Bonchev–Trinajstić information content (AvgIpc) is 2.32. The van der Waals surface area contributed by atoms with E-state index in [2.05, 4.69) is 43.0 Å². The first kappa shape index (κ1) is 17.6. The standard InChI is InChI=1S/C14H30FN3/c1-7-8-14(12(3)11(2)13(4)15)17-10-18(6)9-16-5/h11-12,14,16-17H,4,7-10H2,1-3,5-6H3. The molecule has 3 atom stereocenters. The summed E-state index contributed by atoms with van der Waals surface area (Å²) < 4.78 is 13.2. The normalized spacial score (nSPS) is 16.6. The summed E-state index contributed by atoms with van der Waals surface area (Å²) in [6.07, 6.45) is 2.16. The number of hydrogen-bond acceptors (Lipinski definition) is 3. The maximum Gasteiger partial charge on any atom is 0.0959 e. The molecule has 0 saturated carbocycles. The van der Waals surface area contributed by atoms with Crippen molar-refractivity contribution in [1.29, 1.82) is 0 Å². The molecule has 0 rings (SSSR count). The number of allylic oxidation sites excluding steroid dienone is 1. The van der Waals surface area contributed by atoms with E-state index in [1.807, 2.05) is 14.0 Å². The highest BCUT2D eigenvalue weighted by Gasteiger charge is 2.24. The Balaban J connectivity index is 4.32. The highest BCUT2D eigenvalue weighted by molar-refractivity contribution is 4.93. The van der Waals surface area contributed by atoms with Crippen LogP contribution in [-0.4, -0.2) is 38.4 Å². The molecule has 0 aromatic heterocycles. The Labute approximate surface area is 112 Å². The van der Waals surface area contributed by atoms with Gasteiger partial charge in [0.2, 0.25) is 0 Å². The first-order valence-electron chi connectivity index (χ1n) is 6.84. The van der Waals surface area contributed by atoms with E-state index >= 15 is 0 Å². The topological polar surface area (TPSA) is 27.3 Å². The van der Waals surface area contributed by atoms with E-state index in [1.165, 1.54) is 0 Å². The highest BCUT2D eigenvalue weighted by atomic mass is 19.1. The van der Waals surface area contributed by atoms with Gasteiger partial charge in [-0.25, -0.2) is 4.39 Å². The molecule has 0 aromatic rings. The lowest BCUT2D eigenvalue weighted by atomic mass is 9.86. The van der Waals surface area contributed by atoms with Crippen LogP contribution in [0.2, 0.25) is 0 Å². The second-order valence-electron chi connectivity index (χ2n) is 5.22. The summed E-state index contributed by atoms with van der Waals surface area (Å²) in [5.41, 5.74) is 0. The van der Waals surface area contributed by atoms with Crippen LogP contribution in [0.1, 0.15) is 33.6 Å². The van der Waals surface area contributed by atoms with Gasteiger partial charge in [-0.1, -0.05) is 33.8 Å². The van der Waals surface area contributed by atoms with Gasteiger partial charge in [-0.05, 0) is 26.4 Å². The van der Waals surface area contributed by atoms with Crippen LogP contribution in [0.15, 0.2) is 12.4 Å². The molecule has 0 saturated heterocycles. The quantitative estimate of drug-likeness (QED) is 0.590. The minimum absolute atomic E-state index is 0.0938. The van der Waals surface area contributed by atoms with Crippen molar-refractivity contribution in [2.24, 2.45) is 11.8 Å². The molecule has 0 bridgehead atoms. The number of rotatable bonds is 10. The van der Waals surface area contributed by atoms with Crippen molar-refractivity contribution in [2.75, 3.05) is 27.4 Å². The van der Waals surface area contributed by atoms with Gasteiger partial charge in [0.1, 0.15) is 0 Å². The minimum Gasteiger partial charge on any atom is -0.307 e. The Bertz CT molecular complexity index is 233. The predicted octanol–water partition coefficient (Wildman–Crippen LogP) is 2.57. The van der Waals surface area contributed by atoms with E-state index in [0.717, 1.165) is 26.2 Å². The smallest absolute Gasteiger partial charge is 0.0959 e. The van der Waals surface area contributed by atoms with Crippen LogP contribution < -0.4 is 10.6 Å². The Morgan fingerprint density at radius 2 is 1.94 bits per heavy atom. The number of halogens is 1. The van der Waals surface area contributed by atoms with Gasteiger partial charge in [-0.15, -0.1) is 0 Å². The fourth-order valence-corrected chi connectivity index (χ4v) is 2.09. The summed E-state index contributed by atoms with van der Waals surface area (Å²) in [5, 5.41) is 6.62. The van der Waals surface area contributed by atoms with Crippen molar-refractivity contribution in [3.8, 4) is 0 Å². The molecule has 0 radical (unpaired) electrons. The molecule has 0 aliphatic rings. The molecular formula is C14H30FN3. The Morgan fingerprint density at radius 1 is 1.33 bits per heavy atom. The van der Waals surface area contributed by atoms with E-state index in [-0.39, 0.29) is 17.7 Å². The summed E-state index contributed by atoms with van der Waals surface area (Å²) in [6.45, 7) is 11.2. The zero-order valence-corrected chi connectivity index (χ0v) is 12.6. The van der Waals surface area contributed by atoms with E-state index in [1.54, 1.807) is 0 Å². The summed E-state index contributed by atoms with van der Waals surface area (Å²) >= 11 is 0. The van der Waals surface area contributed by atoms with Gasteiger partial charge in [-0.3, -0.25) is 4.90 Å². The zero-order valence-electron chi connectivity index (χ0n) is 12.6. The van der Waals surface area contributed by atoms with Crippen molar-refractivity contribution >= 4 is 0 Å². The number of nitrogens with zero attached hydrogens (tertiary/aromatic N) is 1. The van der Waals surface area contributed by atoms with Gasteiger partial charge in [0.15, 0.2) is 0 Å². The number of hydrogen-bond donors (Lipinski definition) is 2. The average molecular weight is 259 g/mol. The fourth-order valence-electron chi connectivity index (χ4n) is 2.09. The monoisotopic (exact) mass is 259 g/mol. The van der Waals surface area contributed by atoms with Gasteiger partial charge in [0.05, 0.1) is 5.83 Å².